The number of hydrogen-bond acceptors (Lipinski definition) is 3. The van der Waals surface area contributed by atoms with Crippen LogP contribution in [-0.2, 0) is 6.42 Å². The van der Waals surface area contributed by atoms with E-state index in [1.165, 1.54) is 14.9 Å². The van der Waals surface area contributed by atoms with Gasteiger partial charge in [0.1, 0.15) is 0 Å². The first-order valence-electron chi connectivity index (χ1n) is 6.16. The van der Waals surface area contributed by atoms with Gasteiger partial charge in [-0.05, 0) is 31.0 Å². The van der Waals surface area contributed by atoms with Gasteiger partial charge in [-0.3, -0.25) is 4.98 Å². The maximum Gasteiger partial charge on any atom is 0.0794 e. The van der Waals surface area contributed by atoms with Crippen LogP contribution >= 0.6 is 27.3 Å². The van der Waals surface area contributed by atoms with Crippen LogP contribution < -0.4 is 5.32 Å². The van der Waals surface area contributed by atoms with Crippen molar-refractivity contribution in [3.05, 3.63) is 50.9 Å². The molecule has 1 heterocycles. The minimum atomic E-state index is 0.358. The lowest BCUT2D eigenvalue weighted by Crippen LogP contribution is -2.23. The quantitative estimate of drug-likeness (QED) is 0.861. The number of nitrogens with zero attached hydrogens (tertiary/aromatic N) is 1. The fraction of sp³-hybridized carbons (Fsp3) is 0.357. The molecule has 1 aromatic heterocycles. The Hall–Kier alpha value is -0.710. The molecular formula is C14H17BrN2S. The summed E-state index contributed by atoms with van der Waals surface area (Å²) in [7, 11) is 0. The number of halogens is 1. The van der Waals surface area contributed by atoms with Crippen LogP contribution in [0.3, 0.4) is 0 Å². The van der Waals surface area contributed by atoms with Crippen molar-refractivity contribution in [3.63, 3.8) is 0 Å². The molecule has 0 saturated heterocycles. The molecule has 0 bridgehead atoms. The fourth-order valence-electron chi connectivity index (χ4n) is 1.87. The highest BCUT2D eigenvalue weighted by Crippen LogP contribution is 2.25. The van der Waals surface area contributed by atoms with Crippen molar-refractivity contribution < 1.29 is 0 Å². The predicted molar refractivity (Wildman–Crippen MR) is 81.0 cm³/mol. The van der Waals surface area contributed by atoms with E-state index >= 15 is 0 Å². The molecule has 18 heavy (non-hydrogen) atoms. The summed E-state index contributed by atoms with van der Waals surface area (Å²) in [6.45, 7) is 3.22. The SMILES string of the molecule is CCCNC(Cc1ccccc1Br)c1cncs1. The van der Waals surface area contributed by atoms with Crippen LogP contribution in [0.2, 0.25) is 0 Å². The van der Waals surface area contributed by atoms with Crippen molar-refractivity contribution in [1.29, 1.82) is 0 Å². The highest BCUT2D eigenvalue weighted by atomic mass is 79.9. The fourth-order valence-corrected chi connectivity index (χ4v) is 3.02. The predicted octanol–water partition coefficient (Wildman–Crippen LogP) is 4.19. The third-order valence-corrected chi connectivity index (χ3v) is 4.48. The number of nitrogens with one attached hydrogen (secondary N) is 1. The van der Waals surface area contributed by atoms with E-state index in [9.17, 15) is 0 Å². The summed E-state index contributed by atoms with van der Waals surface area (Å²) in [4.78, 5) is 5.49. The Morgan fingerprint density at radius 3 is 2.89 bits per heavy atom. The molecule has 0 aliphatic rings. The van der Waals surface area contributed by atoms with Crippen molar-refractivity contribution in [2.75, 3.05) is 6.54 Å². The Morgan fingerprint density at radius 1 is 1.39 bits per heavy atom. The van der Waals surface area contributed by atoms with E-state index in [4.69, 9.17) is 0 Å². The summed E-state index contributed by atoms with van der Waals surface area (Å²) in [5.74, 6) is 0. The number of hydrogen-bond donors (Lipinski definition) is 1. The minimum absolute atomic E-state index is 0.358. The molecule has 1 unspecified atom stereocenters. The zero-order chi connectivity index (χ0) is 12.8. The summed E-state index contributed by atoms with van der Waals surface area (Å²) in [6, 6.07) is 8.76. The summed E-state index contributed by atoms with van der Waals surface area (Å²) in [5.41, 5.74) is 3.23. The van der Waals surface area contributed by atoms with Gasteiger partial charge in [0.25, 0.3) is 0 Å². The molecule has 0 fully saturated rings. The Bertz CT molecular complexity index is 470. The maximum atomic E-state index is 4.18. The van der Waals surface area contributed by atoms with Crippen LogP contribution in [0.1, 0.15) is 29.8 Å². The molecule has 1 aromatic carbocycles. The van der Waals surface area contributed by atoms with Crippen molar-refractivity contribution in [2.24, 2.45) is 0 Å². The number of benzene rings is 1. The standard InChI is InChI=1S/C14H17BrN2S/c1-2-7-17-13(14-9-16-10-18-14)8-11-5-3-4-6-12(11)15/h3-6,9-10,13,17H,2,7-8H2,1H3. The second-order valence-electron chi connectivity index (χ2n) is 4.21. The second-order valence-corrected chi connectivity index (χ2v) is 5.98. The first-order chi connectivity index (χ1) is 8.81. The lowest BCUT2D eigenvalue weighted by Gasteiger charge is -2.17. The lowest BCUT2D eigenvalue weighted by molar-refractivity contribution is 0.535. The molecule has 1 N–H and O–H groups in total. The zero-order valence-electron chi connectivity index (χ0n) is 10.4. The van der Waals surface area contributed by atoms with E-state index in [1.807, 2.05) is 11.7 Å². The van der Waals surface area contributed by atoms with Crippen LogP contribution in [0.25, 0.3) is 0 Å². The molecule has 1 atom stereocenters. The van der Waals surface area contributed by atoms with E-state index in [-0.39, 0.29) is 0 Å². The van der Waals surface area contributed by atoms with E-state index in [2.05, 4.69) is 57.4 Å². The van der Waals surface area contributed by atoms with E-state index in [1.54, 1.807) is 11.3 Å². The Morgan fingerprint density at radius 2 is 2.22 bits per heavy atom. The highest BCUT2D eigenvalue weighted by molar-refractivity contribution is 9.10. The monoisotopic (exact) mass is 324 g/mol. The van der Waals surface area contributed by atoms with Gasteiger partial charge in [0.15, 0.2) is 0 Å². The Balaban J connectivity index is 2.13. The number of aromatic nitrogens is 1. The summed E-state index contributed by atoms with van der Waals surface area (Å²) < 4.78 is 1.18. The van der Waals surface area contributed by atoms with Crippen molar-refractivity contribution in [2.45, 2.75) is 25.8 Å². The van der Waals surface area contributed by atoms with E-state index < -0.39 is 0 Å². The molecule has 0 spiro atoms. The minimum Gasteiger partial charge on any atom is -0.309 e. The smallest absolute Gasteiger partial charge is 0.0794 e. The molecular weight excluding hydrogens is 308 g/mol. The largest absolute Gasteiger partial charge is 0.309 e. The van der Waals surface area contributed by atoms with Crippen LogP contribution in [0.5, 0.6) is 0 Å². The van der Waals surface area contributed by atoms with Gasteiger partial charge in [0.05, 0.1) is 5.51 Å². The van der Waals surface area contributed by atoms with Gasteiger partial charge in [-0.25, -0.2) is 0 Å². The van der Waals surface area contributed by atoms with Crippen LogP contribution in [0, 0.1) is 0 Å². The second kappa shape index (κ2) is 7.02. The zero-order valence-corrected chi connectivity index (χ0v) is 12.8. The van der Waals surface area contributed by atoms with Crippen LogP contribution in [0.15, 0.2) is 40.4 Å². The van der Waals surface area contributed by atoms with Gasteiger partial charge >= 0.3 is 0 Å². The van der Waals surface area contributed by atoms with Crippen molar-refractivity contribution in [1.82, 2.24) is 10.3 Å². The van der Waals surface area contributed by atoms with Crippen molar-refractivity contribution >= 4 is 27.3 Å². The van der Waals surface area contributed by atoms with Crippen LogP contribution in [0.4, 0.5) is 0 Å². The van der Waals surface area contributed by atoms with Gasteiger partial charge in [-0.1, -0.05) is 41.1 Å². The summed E-state index contributed by atoms with van der Waals surface area (Å²) in [6.07, 6.45) is 4.10. The molecule has 4 heteroatoms. The molecule has 0 saturated carbocycles. The third kappa shape index (κ3) is 3.64. The molecule has 2 aromatic rings. The van der Waals surface area contributed by atoms with Gasteiger partial charge in [-0.15, -0.1) is 11.3 Å². The van der Waals surface area contributed by atoms with E-state index in [0.717, 1.165) is 19.4 Å². The molecule has 96 valence electrons. The topological polar surface area (TPSA) is 24.9 Å². The number of thiazole rings is 1. The Labute approximate surface area is 121 Å². The molecule has 0 radical (unpaired) electrons. The summed E-state index contributed by atoms with van der Waals surface area (Å²) >= 11 is 5.33. The number of rotatable bonds is 6. The molecule has 2 rings (SSSR count). The Kier molecular flexibility index (Phi) is 5.35. The molecule has 0 aliphatic carbocycles. The van der Waals surface area contributed by atoms with Crippen LogP contribution in [-0.4, -0.2) is 11.5 Å². The van der Waals surface area contributed by atoms with Crippen molar-refractivity contribution in [3.8, 4) is 0 Å². The average molecular weight is 325 g/mol. The summed E-state index contributed by atoms with van der Waals surface area (Å²) in [5, 5.41) is 3.60. The lowest BCUT2D eigenvalue weighted by atomic mass is 10.0. The average Bonchev–Trinajstić information content (AvgIpc) is 2.90. The van der Waals surface area contributed by atoms with Gasteiger partial charge < -0.3 is 5.32 Å². The maximum absolute atomic E-state index is 4.18. The third-order valence-electron chi connectivity index (χ3n) is 2.82. The molecule has 0 aliphatic heterocycles. The van der Waals surface area contributed by atoms with Gasteiger partial charge in [-0.2, -0.15) is 0 Å². The first kappa shape index (κ1) is 13.7. The van der Waals surface area contributed by atoms with Gasteiger partial charge in [0, 0.05) is 21.6 Å². The first-order valence-corrected chi connectivity index (χ1v) is 7.83. The van der Waals surface area contributed by atoms with Gasteiger partial charge in [0.2, 0.25) is 0 Å². The molecule has 2 nitrogen and oxygen atoms in total. The molecule has 0 amide bonds. The van der Waals surface area contributed by atoms with E-state index in [0.29, 0.717) is 6.04 Å². The highest BCUT2D eigenvalue weighted by Gasteiger charge is 2.14. The normalized spacial score (nSPS) is 12.6.